The van der Waals surface area contributed by atoms with E-state index in [0.29, 0.717) is 31.8 Å². The van der Waals surface area contributed by atoms with Gasteiger partial charge in [-0.2, -0.15) is 0 Å². The van der Waals surface area contributed by atoms with Gasteiger partial charge < -0.3 is 14.5 Å². The number of nitrogens with zero attached hydrogens (tertiary/aromatic N) is 1. The summed E-state index contributed by atoms with van der Waals surface area (Å²) in [6.45, 7) is 4.79. The number of amides is 2. The second-order valence-corrected chi connectivity index (χ2v) is 8.05. The molecule has 28 heavy (non-hydrogen) atoms. The monoisotopic (exact) mass is 389 g/mol. The van der Waals surface area contributed by atoms with Crippen molar-refractivity contribution < 1.29 is 28.5 Å². The second kappa shape index (κ2) is 8.01. The number of methoxy groups -OCH3 is 1. The molecule has 2 atom stereocenters. The maximum Gasteiger partial charge on any atom is 0.237 e. The van der Waals surface area contributed by atoms with Gasteiger partial charge >= 0.3 is 0 Å². The molecule has 2 aliphatic heterocycles. The van der Waals surface area contributed by atoms with E-state index in [-0.39, 0.29) is 29.5 Å². The summed E-state index contributed by atoms with van der Waals surface area (Å²) in [6.07, 6.45) is 5.42. The minimum absolute atomic E-state index is 0.00567. The van der Waals surface area contributed by atoms with E-state index in [1.165, 1.54) is 20.8 Å². The molecule has 1 aliphatic carbocycles. The van der Waals surface area contributed by atoms with Crippen LogP contribution in [-0.4, -0.2) is 56.7 Å². The lowest BCUT2D eigenvalue weighted by Gasteiger charge is -2.31. The van der Waals surface area contributed by atoms with Gasteiger partial charge in [-0.05, 0) is 31.0 Å². The van der Waals surface area contributed by atoms with Crippen molar-refractivity contribution in [2.24, 2.45) is 11.8 Å². The average Bonchev–Trinajstić information content (AvgIpc) is 2.95. The van der Waals surface area contributed by atoms with Crippen molar-refractivity contribution in [3.8, 4) is 5.75 Å². The van der Waals surface area contributed by atoms with Crippen LogP contribution in [0.2, 0.25) is 0 Å². The zero-order valence-electron chi connectivity index (χ0n) is 16.2. The lowest BCUT2D eigenvalue weighted by Crippen LogP contribution is -3.28. The Morgan fingerprint density at radius 1 is 1.04 bits per heavy atom. The Morgan fingerprint density at radius 3 is 2.25 bits per heavy atom. The Labute approximate surface area is 164 Å². The highest BCUT2D eigenvalue weighted by molar-refractivity contribution is 6.05. The molecule has 0 aromatic heterocycles. The van der Waals surface area contributed by atoms with Crippen LogP contribution in [0.1, 0.15) is 18.4 Å². The van der Waals surface area contributed by atoms with Gasteiger partial charge in [-0.25, -0.2) is 9.29 Å². The number of likely N-dealkylation sites (tertiary alicyclic amines) is 1. The largest absolute Gasteiger partial charge is 0.496 e. The lowest BCUT2D eigenvalue weighted by atomic mass is 9.85. The number of ether oxygens (including phenoxy) is 1. The standard InChI is InChI=1S/C21H26FN3O3/c1-28-19-7-6-16(22)12-15(19)13-23-8-10-24(11-9-23)14-25-20(26)17-4-2-3-5-18(17)21(25)27/h2-3,6-7,12,17-18H,4-5,8-11,13-14H2,1H3/p+2/t17-,18-/m1/s1. The maximum absolute atomic E-state index is 13.6. The summed E-state index contributed by atoms with van der Waals surface area (Å²) in [4.78, 5) is 29.4. The van der Waals surface area contributed by atoms with Crippen LogP contribution in [0.4, 0.5) is 4.39 Å². The lowest BCUT2D eigenvalue weighted by molar-refractivity contribution is -1.02. The van der Waals surface area contributed by atoms with E-state index >= 15 is 0 Å². The number of hydrogen-bond acceptors (Lipinski definition) is 3. The fraction of sp³-hybridized carbons (Fsp3) is 0.524. The third kappa shape index (κ3) is 3.69. The number of hydrogen-bond donors (Lipinski definition) is 2. The van der Waals surface area contributed by atoms with Crippen LogP contribution < -0.4 is 14.5 Å². The normalized spacial score (nSPS) is 29.9. The first-order valence-electron chi connectivity index (χ1n) is 10.1. The SMILES string of the molecule is COc1ccc(F)cc1C[NH+]1CC[NH+](CN2C(=O)[C@@H]3CC=CC[C@H]3C2=O)CC1. The molecular weight excluding hydrogens is 361 g/mol. The predicted octanol–water partition coefficient (Wildman–Crippen LogP) is -0.974. The number of piperazine rings is 1. The second-order valence-electron chi connectivity index (χ2n) is 8.05. The van der Waals surface area contributed by atoms with E-state index in [2.05, 4.69) is 0 Å². The third-order valence-electron chi connectivity index (χ3n) is 6.33. The zero-order chi connectivity index (χ0) is 19.7. The smallest absolute Gasteiger partial charge is 0.237 e. The molecule has 4 rings (SSSR count). The Kier molecular flexibility index (Phi) is 5.46. The van der Waals surface area contributed by atoms with Crippen molar-refractivity contribution in [3.63, 3.8) is 0 Å². The van der Waals surface area contributed by atoms with Crippen molar-refractivity contribution in [2.75, 3.05) is 40.0 Å². The highest BCUT2D eigenvalue weighted by Crippen LogP contribution is 2.34. The molecule has 2 heterocycles. The highest BCUT2D eigenvalue weighted by atomic mass is 19.1. The van der Waals surface area contributed by atoms with Gasteiger partial charge in [0.15, 0.2) is 6.67 Å². The number of fused-ring (bicyclic) bond motifs is 1. The molecule has 2 fully saturated rings. The van der Waals surface area contributed by atoms with Crippen molar-refractivity contribution in [1.29, 1.82) is 0 Å². The van der Waals surface area contributed by atoms with Crippen molar-refractivity contribution in [3.05, 3.63) is 41.7 Å². The molecule has 1 aromatic carbocycles. The molecule has 0 saturated carbocycles. The van der Waals surface area contributed by atoms with Crippen LogP contribution >= 0.6 is 0 Å². The number of allylic oxidation sites excluding steroid dienone is 2. The third-order valence-corrected chi connectivity index (χ3v) is 6.33. The minimum Gasteiger partial charge on any atom is -0.496 e. The molecule has 0 spiro atoms. The van der Waals surface area contributed by atoms with Gasteiger partial charge in [-0.1, -0.05) is 12.2 Å². The number of imide groups is 1. The first-order valence-corrected chi connectivity index (χ1v) is 10.1. The number of carbonyl (C=O) groups is 2. The fourth-order valence-electron chi connectivity index (χ4n) is 4.70. The van der Waals surface area contributed by atoms with Gasteiger partial charge in [0.1, 0.15) is 44.3 Å². The first-order chi connectivity index (χ1) is 13.6. The summed E-state index contributed by atoms with van der Waals surface area (Å²) < 4.78 is 18.9. The van der Waals surface area contributed by atoms with E-state index in [1.807, 2.05) is 12.2 Å². The average molecular weight is 389 g/mol. The summed E-state index contributed by atoms with van der Waals surface area (Å²) in [5.74, 6) is 0.181. The molecule has 0 bridgehead atoms. The van der Waals surface area contributed by atoms with Gasteiger partial charge in [-0.3, -0.25) is 9.59 Å². The van der Waals surface area contributed by atoms with E-state index in [9.17, 15) is 14.0 Å². The summed E-state index contributed by atoms with van der Waals surface area (Å²) in [5, 5.41) is 0. The zero-order valence-corrected chi connectivity index (χ0v) is 16.2. The summed E-state index contributed by atoms with van der Waals surface area (Å²) in [5.41, 5.74) is 0.877. The number of benzene rings is 1. The topological polar surface area (TPSA) is 55.5 Å². The molecule has 6 nitrogen and oxygen atoms in total. The van der Waals surface area contributed by atoms with Gasteiger partial charge in [-0.15, -0.1) is 0 Å². The molecule has 7 heteroatoms. The molecule has 0 unspecified atom stereocenters. The van der Waals surface area contributed by atoms with Crippen molar-refractivity contribution in [1.82, 2.24) is 4.90 Å². The predicted molar refractivity (Wildman–Crippen MR) is 100 cm³/mol. The van der Waals surface area contributed by atoms with Crippen LogP contribution in [0.5, 0.6) is 5.75 Å². The molecule has 3 aliphatic rings. The Hall–Kier alpha value is -2.25. The Bertz CT molecular complexity index is 763. The summed E-state index contributed by atoms with van der Waals surface area (Å²) in [7, 11) is 1.60. The molecule has 2 N–H and O–H groups in total. The van der Waals surface area contributed by atoms with Crippen LogP contribution in [-0.2, 0) is 16.1 Å². The summed E-state index contributed by atoms with van der Waals surface area (Å²) in [6, 6.07) is 4.63. The van der Waals surface area contributed by atoms with Crippen LogP contribution in [0.25, 0.3) is 0 Å². The molecule has 1 aromatic rings. The van der Waals surface area contributed by atoms with E-state index in [0.717, 1.165) is 31.7 Å². The molecule has 0 radical (unpaired) electrons. The minimum atomic E-state index is -0.249. The number of quaternary nitrogens is 2. The Balaban J connectivity index is 1.32. The van der Waals surface area contributed by atoms with Gasteiger partial charge in [0.05, 0.1) is 24.5 Å². The number of halogens is 1. The summed E-state index contributed by atoms with van der Waals surface area (Å²) >= 11 is 0. The molecule has 150 valence electrons. The quantitative estimate of drug-likeness (QED) is 0.503. The van der Waals surface area contributed by atoms with Gasteiger partial charge in [0, 0.05) is 0 Å². The Morgan fingerprint density at radius 2 is 1.64 bits per heavy atom. The maximum atomic E-state index is 13.6. The fourth-order valence-corrected chi connectivity index (χ4v) is 4.70. The van der Waals surface area contributed by atoms with E-state index in [1.54, 1.807) is 19.2 Å². The van der Waals surface area contributed by atoms with Gasteiger partial charge in [0.2, 0.25) is 11.8 Å². The first kappa shape index (κ1) is 19.1. The van der Waals surface area contributed by atoms with Crippen LogP contribution in [0.3, 0.4) is 0 Å². The van der Waals surface area contributed by atoms with Crippen molar-refractivity contribution in [2.45, 2.75) is 19.4 Å². The molecule has 2 amide bonds. The van der Waals surface area contributed by atoms with Gasteiger partial charge in [0.25, 0.3) is 0 Å². The number of carbonyl (C=O) groups excluding carboxylic acids is 2. The van der Waals surface area contributed by atoms with E-state index in [4.69, 9.17) is 4.74 Å². The van der Waals surface area contributed by atoms with E-state index < -0.39 is 0 Å². The number of nitrogens with one attached hydrogen (secondary N) is 2. The van der Waals surface area contributed by atoms with Crippen LogP contribution in [0.15, 0.2) is 30.4 Å². The van der Waals surface area contributed by atoms with Crippen LogP contribution in [0, 0.1) is 17.7 Å². The van der Waals surface area contributed by atoms with Crippen molar-refractivity contribution >= 4 is 11.8 Å². The molecular formula is C21H28FN3O3+2. The highest BCUT2D eigenvalue weighted by Gasteiger charge is 2.48. The molecule has 2 saturated heterocycles. The number of rotatable bonds is 5.